The standard InChI is InChI=1S/C16H25N5OS/c22-15(17-11-10-13-6-2-1-3-7-13)12-23-16-18-19-20-21(16)14-8-4-5-9-14/h6,14H,1-5,7-12H2,(H,17,22). The molecule has 0 unspecified atom stereocenters. The van der Waals surface area contributed by atoms with Gasteiger partial charge in [0.25, 0.3) is 0 Å². The number of thioether (sulfide) groups is 1. The number of hydrogen-bond donors (Lipinski definition) is 1. The SMILES string of the molecule is O=C(CSc1nnnn1C1CCCC1)NCCC1=CCCCC1. The van der Waals surface area contributed by atoms with E-state index in [1.165, 1.54) is 55.9 Å². The van der Waals surface area contributed by atoms with Gasteiger partial charge in [-0.3, -0.25) is 4.79 Å². The van der Waals surface area contributed by atoms with Crippen LogP contribution in [0.4, 0.5) is 0 Å². The lowest BCUT2D eigenvalue weighted by molar-refractivity contribution is -0.118. The minimum atomic E-state index is 0.0624. The molecule has 1 N–H and O–H groups in total. The van der Waals surface area contributed by atoms with Crippen molar-refractivity contribution >= 4 is 17.7 Å². The summed E-state index contributed by atoms with van der Waals surface area (Å²) in [6.45, 7) is 0.735. The van der Waals surface area contributed by atoms with E-state index >= 15 is 0 Å². The quantitative estimate of drug-likeness (QED) is 0.613. The minimum Gasteiger partial charge on any atom is -0.355 e. The van der Waals surface area contributed by atoms with Gasteiger partial charge in [0.2, 0.25) is 11.1 Å². The number of nitrogens with zero attached hydrogens (tertiary/aromatic N) is 4. The van der Waals surface area contributed by atoms with E-state index in [1.807, 2.05) is 4.68 Å². The van der Waals surface area contributed by atoms with Gasteiger partial charge in [-0.15, -0.1) is 5.10 Å². The number of allylic oxidation sites excluding steroid dienone is 1. The van der Waals surface area contributed by atoms with Crippen molar-refractivity contribution in [3.8, 4) is 0 Å². The van der Waals surface area contributed by atoms with Crippen LogP contribution in [0.25, 0.3) is 0 Å². The highest BCUT2D eigenvalue weighted by molar-refractivity contribution is 7.99. The predicted octanol–water partition coefficient (Wildman–Crippen LogP) is 2.89. The maximum atomic E-state index is 12.0. The summed E-state index contributed by atoms with van der Waals surface area (Å²) in [5, 5.41) is 15.7. The Hall–Kier alpha value is -1.37. The molecule has 7 heteroatoms. The third kappa shape index (κ3) is 4.80. The molecule has 6 nitrogen and oxygen atoms in total. The van der Waals surface area contributed by atoms with E-state index in [2.05, 4.69) is 26.9 Å². The average Bonchev–Trinajstić information content (AvgIpc) is 3.25. The molecule has 0 spiro atoms. The second-order valence-corrected chi connectivity index (χ2v) is 7.28. The van der Waals surface area contributed by atoms with E-state index in [4.69, 9.17) is 0 Å². The Balaban J connectivity index is 1.39. The van der Waals surface area contributed by atoms with Gasteiger partial charge in [-0.1, -0.05) is 36.3 Å². The molecule has 0 aliphatic heterocycles. The minimum absolute atomic E-state index is 0.0624. The van der Waals surface area contributed by atoms with Gasteiger partial charge in [0.1, 0.15) is 0 Å². The molecule has 0 atom stereocenters. The number of tetrazole rings is 1. The first kappa shape index (κ1) is 16.5. The zero-order chi connectivity index (χ0) is 15.9. The van der Waals surface area contributed by atoms with E-state index in [1.54, 1.807) is 0 Å². The van der Waals surface area contributed by atoms with Crippen LogP contribution in [0.1, 0.15) is 63.8 Å². The van der Waals surface area contributed by atoms with E-state index < -0.39 is 0 Å². The molecule has 3 rings (SSSR count). The van der Waals surface area contributed by atoms with Gasteiger partial charge in [0.05, 0.1) is 11.8 Å². The van der Waals surface area contributed by atoms with Crippen molar-refractivity contribution in [1.82, 2.24) is 25.5 Å². The maximum Gasteiger partial charge on any atom is 0.230 e. The number of carbonyl (C=O) groups is 1. The van der Waals surface area contributed by atoms with Gasteiger partial charge in [-0.25, -0.2) is 4.68 Å². The van der Waals surface area contributed by atoms with E-state index in [-0.39, 0.29) is 5.91 Å². The fraction of sp³-hybridized carbons (Fsp3) is 0.750. The molecule has 0 saturated heterocycles. The summed E-state index contributed by atoms with van der Waals surface area (Å²) in [7, 11) is 0. The topological polar surface area (TPSA) is 72.7 Å². The van der Waals surface area contributed by atoms with Crippen molar-refractivity contribution < 1.29 is 4.79 Å². The first-order valence-electron chi connectivity index (χ1n) is 8.68. The molecule has 1 saturated carbocycles. The molecular weight excluding hydrogens is 310 g/mol. The Labute approximate surface area is 141 Å². The molecule has 2 aliphatic carbocycles. The summed E-state index contributed by atoms with van der Waals surface area (Å²) < 4.78 is 1.90. The molecule has 2 aliphatic rings. The Morgan fingerprint density at radius 3 is 2.96 bits per heavy atom. The fourth-order valence-electron chi connectivity index (χ4n) is 3.33. The van der Waals surface area contributed by atoms with E-state index in [0.29, 0.717) is 11.8 Å². The summed E-state index contributed by atoms with van der Waals surface area (Å²) in [5.74, 6) is 0.443. The van der Waals surface area contributed by atoms with Crippen LogP contribution in [0, 0.1) is 0 Å². The Morgan fingerprint density at radius 2 is 2.17 bits per heavy atom. The van der Waals surface area contributed by atoms with Gasteiger partial charge < -0.3 is 5.32 Å². The summed E-state index contributed by atoms with van der Waals surface area (Å²) in [4.78, 5) is 12.0. The second-order valence-electron chi connectivity index (χ2n) is 6.34. The van der Waals surface area contributed by atoms with Crippen LogP contribution in [0.3, 0.4) is 0 Å². The molecule has 1 amide bonds. The largest absolute Gasteiger partial charge is 0.355 e. The lowest BCUT2D eigenvalue weighted by atomic mass is 9.97. The highest BCUT2D eigenvalue weighted by Gasteiger charge is 2.22. The molecule has 0 radical (unpaired) electrons. The summed E-state index contributed by atoms with van der Waals surface area (Å²) in [6, 6.07) is 0.411. The molecule has 1 fully saturated rings. The monoisotopic (exact) mass is 335 g/mol. The van der Waals surface area contributed by atoms with Crippen molar-refractivity contribution in [3.63, 3.8) is 0 Å². The molecule has 0 aromatic carbocycles. The number of rotatable bonds is 7. The van der Waals surface area contributed by atoms with E-state index in [0.717, 1.165) is 31.0 Å². The molecule has 1 aromatic rings. The number of amides is 1. The van der Waals surface area contributed by atoms with Crippen LogP contribution < -0.4 is 5.32 Å². The molecule has 1 heterocycles. The number of hydrogen-bond acceptors (Lipinski definition) is 5. The summed E-state index contributed by atoms with van der Waals surface area (Å²) in [5.41, 5.74) is 1.49. The molecular formula is C16H25N5OS. The normalized spacial score (nSPS) is 18.9. The smallest absolute Gasteiger partial charge is 0.230 e. The lowest BCUT2D eigenvalue weighted by Gasteiger charge is -2.13. The number of aromatic nitrogens is 4. The molecule has 23 heavy (non-hydrogen) atoms. The summed E-state index contributed by atoms with van der Waals surface area (Å²) in [6.07, 6.45) is 13.1. The number of carbonyl (C=O) groups excluding carboxylic acids is 1. The van der Waals surface area contributed by atoms with Crippen LogP contribution >= 0.6 is 11.8 Å². The van der Waals surface area contributed by atoms with Crippen molar-refractivity contribution in [2.45, 2.75) is 69.0 Å². The van der Waals surface area contributed by atoms with Crippen LogP contribution in [0.2, 0.25) is 0 Å². The van der Waals surface area contributed by atoms with Crippen LogP contribution in [0.15, 0.2) is 16.8 Å². The van der Waals surface area contributed by atoms with Crippen LogP contribution in [0.5, 0.6) is 0 Å². The Kier molecular flexibility index (Phi) is 6.07. The zero-order valence-electron chi connectivity index (χ0n) is 13.5. The van der Waals surface area contributed by atoms with Gasteiger partial charge in [0, 0.05) is 6.54 Å². The molecule has 0 bridgehead atoms. The fourth-order valence-corrected chi connectivity index (χ4v) is 4.11. The average molecular weight is 335 g/mol. The van der Waals surface area contributed by atoms with Crippen molar-refractivity contribution in [2.24, 2.45) is 0 Å². The van der Waals surface area contributed by atoms with E-state index in [9.17, 15) is 4.79 Å². The third-order valence-electron chi connectivity index (χ3n) is 4.62. The predicted molar refractivity (Wildman–Crippen MR) is 90.2 cm³/mol. The first-order valence-corrected chi connectivity index (χ1v) is 9.67. The third-order valence-corrected chi connectivity index (χ3v) is 5.55. The van der Waals surface area contributed by atoms with Crippen molar-refractivity contribution in [1.29, 1.82) is 0 Å². The van der Waals surface area contributed by atoms with Crippen molar-refractivity contribution in [2.75, 3.05) is 12.3 Å². The zero-order valence-corrected chi connectivity index (χ0v) is 14.4. The molecule has 126 valence electrons. The number of nitrogens with one attached hydrogen (secondary N) is 1. The van der Waals surface area contributed by atoms with Crippen LogP contribution in [-0.2, 0) is 4.79 Å². The highest BCUT2D eigenvalue weighted by Crippen LogP contribution is 2.31. The van der Waals surface area contributed by atoms with Gasteiger partial charge in [-0.05, 0) is 55.4 Å². The second kappa shape index (κ2) is 8.47. The highest BCUT2D eigenvalue weighted by atomic mass is 32.2. The lowest BCUT2D eigenvalue weighted by Crippen LogP contribution is -2.26. The summed E-state index contributed by atoms with van der Waals surface area (Å²) >= 11 is 1.43. The van der Waals surface area contributed by atoms with Crippen LogP contribution in [-0.4, -0.2) is 38.4 Å². The first-order chi connectivity index (χ1) is 11.3. The Bertz CT molecular complexity index is 550. The van der Waals surface area contributed by atoms with Crippen molar-refractivity contribution in [3.05, 3.63) is 11.6 Å². The van der Waals surface area contributed by atoms with Gasteiger partial charge >= 0.3 is 0 Å². The molecule has 1 aromatic heterocycles. The Morgan fingerprint density at radius 1 is 1.30 bits per heavy atom. The van der Waals surface area contributed by atoms with Gasteiger partial charge in [0.15, 0.2) is 0 Å². The maximum absolute atomic E-state index is 12.0. The van der Waals surface area contributed by atoms with Gasteiger partial charge in [-0.2, -0.15) is 0 Å².